The third kappa shape index (κ3) is 1.48. The highest BCUT2D eigenvalue weighted by atomic mass is 19.2. The highest BCUT2D eigenvalue weighted by molar-refractivity contribution is 5.91. The monoisotopic (exact) mass is 246 g/mol. The molecule has 3 rings (SSSR count). The molecule has 0 unspecified atom stereocenters. The lowest BCUT2D eigenvalue weighted by Crippen LogP contribution is -2.06. The summed E-state index contributed by atoms with van der Waals surface area (Å²) in [5.74, 6) is -1.90. The molecule has 3 nitrogen and oxygen atoms in total. The quantitative estimate of drug-likeness (QED) is 0.571. The van der Waals surface area contributed by atoms with Crippen LogP contribution in [0.5, 0.6) is 0 Å². The Hall–Kier alpha value is -2.30. The molecule has 18 heavy (non-hydrogen) atoms. The van der Waals surface area contributed by atoms with Gasteiger partial charge < -0.3 is 4.57 Å². The summed E-state index contributed by atoms with van der Waals surface area (Å²) in [7, 11) is 1.74. The summed E-state index contributed by atoms with van der Waals surface area (Å²) in [5.41, 5.74) is 0.575. The molecule has 0 saturated heterocycles. The molecular formula is C13H8F2N2O. The molecule has 0 fully saturated rings. The highest BCUT2D eigenvalue weighted by Gasteiger charge is 2.09. The lowest BCUT2D eigenvalue weighted by molar-refractivity contribution is 0.510. The van der Waals surface area contributed by atoms with Crippen LogP contribution < -0.4 is 5.43 Å². The number of fused-ring (bicyclic) bond motifs is 2. The number of hydrogen-bond donors (Lipinski definition) is 0. The molecule has 0 atom stereocenters. The summed E-state index contributed by atoms with van der Waals surface area (Å²) in [6.45, 7) is 0. The fourth-order valence-electron chi connectivity index (χ4n) is 1.95. The van der Waals surface area contributed by atoms with Crippen molar-refractivity contribution in [1.82, 2.24) is 9.55 Å². The van der Waals surface area contributed by atoms with Crippen molar-refractivity contribution in [3.8, 4) is 0 Å². The topological polar surface area (TPSA) is 34.9 Å². The van der Waals surface area contributed by atoms with Gasteiger partial charge in [0.2, 0.25) is 0 Å². The van der Waals surface area contributed by atoms with E-state index < -0.39 is 11.6 Å². The molecule has 0 N–H and O–H groups in total. The van der Waals surface area contributed by atoms with Gasteiger partial charge in [-0.2, -0.15) is 0 Å². The van der Waals surface area contributed by atoms with Gasteiger partial charge in [0.15, 0.2) is 17.1 Å². The number of rotatable bonds is 0. The second-order valence-electron chi connectivity index (χ2n) is 4.11. The minimum Gasteiger partial charge on any atom is -0.335 e. The van der Waals surface area contributed by atoms with Gasteiger partial charge in [0.1, 0.15) is 5.65 Å². The Labute approximate surface area is 100 Å². The molecule has 0 amide bonds. The first kappa shape index (κ1) is 10.8. The third-order valence-electron chi connectivity index (χ3n) is 2.89. The predicted octanol–water partition coefficient (Wildman–Crippen LogP) is 2.36. The number of nitrogens with zero attached hydrogens (tertiary/aromatic N) is 2. The van der Waals surface area contributed by atoms with Crippen molar-refractivity contribution >= 4 is 21.9 Å². The SMILES string of the molecule is Cn1ccc(=O)c2cc3cc(F)c(F)cc3nc21. The molecule has 2 aromatic heterocycles. The molecule has 0 spiro atoms. The van der Waals surface area contributed by atoms with Crippen LogP contribution in [0, 0.1) is 11.6 Å². The number of aromatic nitrogens is 2. The molecule has 1 aromatic carbocycles. The van der Waals surface area contributed by atoms with E-state index >= 15 is 0 Å². The van der Waals surface area contributed by atoms with Crippen molar-refractivity contribution in [2.75, 3.05) is 0 Å². The number of hydrogen-bond acceptors (Lipinski definition) is 2. The van der Waals surface area contributed by atoms with Crippen LogP contribution in [0.1, 0.15) is 0 Å². The van der Waals surface area contributed by atoms with Crippen molar-refractivity contribution in [2.45, 2.75) is 0 Å². The van der Waals surface area contributed by atoms with E-state index in [1.807, 2.05) is 0 Å². The first-order valence-electron chi connectivity index (χ1n) is 5.31. The van der Waals surface area contributed by atoms with Gasteiger partial charge in [-0.3, -0.25) is 4.79 Å². The highest BCUT2D eigenvalue weighted by Crippen LogP contribution is 2.20. The van der Waals surface area contributed by atoms with Crippen molar-refractivity contribution in [3.63, 3.8) is 0 Å². The van der Waals surface area contributed by atoms with E-state index in [9.17, 15) is 13.6 Å². The van der Waals surface area contributed by atoms with Gasteiger partial charge in [0.05, 0.1) is 10.9 Å². The Bertz CT molecular complexity index is 840. The van der Waals surface area contributed by atoms with Crippen LogP contribution in [0.15, 0.2) is 35.3 Å². The largest absolute Gasteiger partial charge is 0.335 e. The zero-order chi connectivity index (χ0) is 12.9. The minimum absolute atomic E-state index is 0.192. The average molecular weight is 246 g/mol. The molecule has 0 radical (unpaired) electrons. The first-order chi connectivity index (χ1) is 8.56. The summed E-state index contributed by atoms with van der Waals surface area (Å²) < 4.78 is 28.0. The maximum absolute atomic E-state index is 13.1. The van der Waals surface area contributed by atoms with Gasteiger partial charge in [0, 0.05) is 30.8 Å². The zero-order valence-corrected chi connectivity index (χ0v) is 9.45. The molecule has 5 heteroatoms. The average Bonchev–Trinajstić information content (AvgIpc) is 2.34. The lowest BCUT2D eigenvalue weighted by Gasteiger charge is -2.06. The Morgan fingerprint density at radius 3 is 2.67 bits per heavy atom. The fraction of sp³-hybridized carbons (Fsp3) is 0.0769. The number of pyridine rings is 2. The van der Waals surface area contributed by atoms with Crippen LogP contribution in [0.25, 0.3) is 21.9 Å². The Balaban J connectivity index is 2.55. The van der Waals surface area contributed by atoms with Crippen molar-refractivity contribution < 1.29 is 8.78 Å². The standard InChI is InChI=1S/C13H8F2N2O/c1-17-3-2-12(18)8-4-7-5-9(14)10(15)6-11(7)16-13(8)17/h2-6H,1H3. The van der Waals surface area contributed by atoms with Gasteiger partial charge in [0.25, 0.3) is 0 Å². The summed E-state index contributed by atoms with van der Waals surface area (Å²) in [4.78, 5) is 15.9. The Morgan fingerprint density at radius 1 is 1.17 bits per heavy atom. The van der Waals surface area contributed by atoms with Gasteiger partial charge >= 0.3 is 0 Å². The maximum atomic E-state index is 13.1. The molecule has 3 aromatic rings. The second kappa shape index (κ2) is 3.60. The van der Waals surface area contributed by atoms with Gasteiger partial charge in [-0.05, 0) is 12.1 Å². The van der Waals surface area contributed by atoms with E-state index in [4.69, 9.17) is 0 Å². The minimum atomic E-state index is -0.949. The summed E-state index contributed by atoms with van der Waals surface area (Å²) in [6.07, 6.45) is 1.59. The molecule has 0 saturated carbocycles. The summed E-state index contributed by atoms with van der Waals surface area (Å²) in [5, 5.41) is 0.795. The van der Waals surface area contributed by atoms with E-state index in [1.165, 1.54) is 12.1 Å². The molecule has 0 bridgehead atoms. The van der Waals surface area contributed by atoms with Crippen LogP contribution >= 0.6 is 0 Å². The Morgan fingerprint density at radius 2 is 1.89 bits per heavy atom. The molecule has 2 heterocycles. The van der Waals surface area contributed by atoms with Crippen molar-refractivity contribution in [2.24, 2.45) is 7.05 Å². The van der Waals surface area contributed by atoms with Crippen LogP contribution in [0.3, 0.4) is 0 Å². The second-order valence-corrected chi connectivity index (χ2v) is 4.11. The van der Waals surface area contributed by atoms with Gasteiger partial charge in [-0.1, -0.05) is 0 Å². The molecular weight excluding hydrogens is 238 g/mol. The van der Waals surface area contributed by atoms with Crippen LogP contribution in [-0.2, 0) is 7.05 Å². The lowest BCUT2D eigenvalue weighted by atomic mass is 10.1. The maximum Gasteiger partial charge on any atom is 0.191 e. The molecule has 0 aliphatic rings. The Kier molecular flexibility index (Phi) is 2.16. The van der Waals surface area contributed by atoms with Crippen LogP contribution in [-0.4, -0.2) is 9.55 Å². The summed E-state index contributed by atoms with van der Waals surface area (Å²) in [6, 6.07) is 5.02. The fourth-order valence-corrected chi connectivity index (χ4v) is 1.95. The normalized spacial score (nSPS) is 11.3. The zero-order valence-electron chi connectivity index (χ0n) is 9.45. The van der Waals surface area contributed by atoms with Gasteiger partial charge in [-0.25, -0.2) is 13.8 Å². The number of benzene rings is 1. The van der Waals surface area contributed by atoms with Crippen molar-refractivity contribution in [3.05, 3.63) is 52.3 Å². The van der Waals surface area contributed by atoms with Gasteiger partial charge in [-0.15, -0.1) is 0 Å². The molecule has 0 aliphatic carbocycles. The first-order valence-corrected chi connectivity index (χ1v) is 5.31. The third-order valence-corrected chi connectivity index (χ3v) is 2.89. The van der Waals surface area contributed by atoms with E-state index in [0.29, 0.717) is 21.9 Å². The van der Waals surface area contributed by atoms with E-state index in [2.05, 4.69) is 4.98 Å². The van der Waals surface area contributed by atoms with E-state index in [-0.39, 0.29) is 5.43 Å². The summed E-state index contributed by atoms with van der Waals surface area (Å²) >= 11 is 0. The van der Waals surface area contributed by atoms with E-state index in [0.717, 1.165) is 12.1 Å². The van der Waals surface area contributed by atoms with Crippen LogP contribution in [0.2, 0.25) is 0 Å². The predicted molar refractivity (Wildman–Crippen MR) is 64.4 cm³/mol. The molecule has 90 valence electrons. The number of aryl methyl sites for hydroxylation is 1. The molecule has 0 aliphatic heterocycles. The van der Waals surface area contributed by atoms with Crippen LogP contribution in [0.4, 0.5) is 8.78 Å². The van der Waals surface area contributed by atoms with Crippen molar-refractivity contribution in [1.29, 1.82) is 0 Å². The smallest absolute Gasteiger partial charge is 0.191 e. The van der Waals surface area contributed by atoms with E-state index in [1.54, 1.807) is 17.8 Å². The number of halogens is 2.